The molecule has 0 aromatic heterocycles. The molecule has 0 saturated heterocycles. The van der Waals surface area contributed by atoms with E-state index in [2.05, 4.69) is 26.1 Å². The molecule has 0 bridgehead atoms. The number of nitrogens with one attached hydrogen (secondary N) is 1. The maximum Gasteiger partial charge on any atom is 0.0257 e. The molecule has 0 amide bonds. The predicted molar refractivity (Wildman–Crippen MR) is 65.1 cm³/mol. The predicted octanol–water partition coefficient (Wildman–Crippen LogP) is 2.17. The van der Waals surface area contributed by atoms with E-state index >= 15 is 0 Å². The van der Waals surface area contributed by atoms with Crippen molar-refractivity contribution in [1.82, 2.24) is 5.32 Å². The molecule has 0 aromatic carbocycles. The summed E-state index contributed by atoms with van der Waals surface area (Å²) in [6.45, 7) is 6.44. The van der Waals surface area contributed by atoms with Crippen LogP contribution in [0.3, 0.4) is 0 Å². The molecule has 2 unspecified atom stereocenters. The Bertz CT molecular complexity index is 159. The van der Waals surface area contributed by atoms with E-state index in [0.717, 1.165) is 17.9 Å². The molecule has 14 heavy (non-hydrogen) atoms. The van der Waals surface area contributed by atoms with Gasteiger partial charge in [0, 0.05) is 28.3 Å². The SMILES string of the molecule is CNC(C)CCCCS(=O)CC(C)C. The van der Waals surface area contributed by atoms with Gasteiger partial charge in [-0.15, -0.1) is 0 Å². The Morgan fingerprint density at radius 3 is 2.36 bits per heavy atom. The molecule has 3 heteroatoms. The second-order valence-corrected chi connectivity index (χ2v) is 6.01. The molecule has 1 N–H and O–H groups in total. The van der Waals surface area contributed by atoms with E-state index in [-0.39, 0.29) is 0 Å². The summed E-state index contributed by atoms with van der Waals surface area (Å²) in [4.78, 5) is 0. The zero-order chi connectivity index (χ0) is 11.0. The van der Waals surface area contributed by atoms with Crippen LogP contribution in [0.4, 0.5) is 0 Å². The van der Waals surface area contributed by atoms with Gasteiger partial charge in [-0.05, 0) is 32.7 Å². The van der Waals surface area contributed by atoms with E-state index in [1.54, 1.807) is 0 Å². The standard InChI is InChI=1S/C11H25NOS/c1-10(2)9-14(13)8-6-5-7-11(3)12-4/h10-12H,5-9H2,1-4H3. The smallest absolute Gasteiger partial charge is 0.0257 e. The summed E-state index contributed by atoms with van der Waals surface area (Å²) in [5.41, 5.74) is 0. The summed E-state index contributed by atoms with van der Waals surface area (Å²) < 4.78 is 11.5. The van der Waals surface area contributed by atoms with E-state index in [0.29, 0.717) is 12.0 Å². The summed E-state index contributed by atoms with van der Waals surface area (Å²) in [5.74, 6) is 2.31. The molecule has 86 valence electrons. The molecular formula is C11H25NOS. The molecule has 0 aromatic rings. The fourth-order valence-electron chi connectivity index (χ4n) is 1.31. The van der Waals surface area contributed by atoms with Gasteiger partial charge >= 0.3 is 0 Å². The van der Waals surface area contributed by atoms with Gasteiger partial charge in [0.25, 0.3) is 0 Å². The van der Waals surface area contributed by atoms with E-state index < -0.39 is 10.8 Å². The second kappa shape index (κ2) is 8.42. The molecule has 0 saturated carbocycles. The number of unbranched alkanes of at least 4 members (excludes halogenated alkanes) is 1. The first-order valence-electron chi connectivity index (χ1n) is 5.58. The van der Waals surface area contributed by atoms with Crippen LogP contribution in [-0.2, 0) is 10.8 Å². The third kappa shape index (κ3) is 8.70. The van der Waals surface area contributed by atoms with Crippen LogP contribution in [0.5, 0.6) is 0 Å². The van der Waals surface area contributed by atoms with Gasteiger partial charge in [-0.1, -0.05) is 20.3 Å². The van der Waals surface area contributed by atoms with Crippen LogP contribution >= 0.6 is 0 Å². The minimum atomic E-state index is -0.587. The van der Waals surface area contributed by atoms with Crippen molar-refractivity contribution in [2.75, 3.05) is 18.6 Å². The van der Waals surface area contributed by atoms with E-state index in [9.17, 15) is 4.21 Å². The van der Waals surface area contributed by atoms with Crippen LogP contribution in [0.1, 0.15) is 40.0 Å². The van der Waals surface area contributed by atoms with E-state index in [1.807, 2.05) is 7.05 Å². The molecule has 0 aliphatic rings. The molecule has 0 spiro atoms. The van der Waals surface area contributed by atoms with Gasteiger partial charge in [-0.2, -0.15) is 0 Å². The third-order valence-electron chi connectivity index (χ3n) is 2.27. The average Bonchev–Trinajstić information content (AvgIpc) is 2.10. The van der Waals surface area contributed by atoms with Crippen LogP contribution in [0, 0.1) is 5.92 Å². The minimum Gasteiger partial charge on any atom is -0.317 e. The van der Waals surface area contributed by atoms with Crippen LogP contribution in [0.25, 0.3) is 0 Å². The lowest BCUT2D eigenvalue weighted by molar-refractivity contribution is 0.537. The van der Waals surface area contributed by atoms with Gasteiger partial charge in [0.15, 0.2) is 0 Å². The Hall–Kier alpha value is 0.110. The largest absolute Gasteiger partial charge is 0.317 e. The summed E-state index contributed by atoms with van der Waals surface area (Å²) in [6, 6.07) is 0.591. The molecule has 0 radical (unpaired) electrons. The Balaban J connectivity index is 3.31. The molecule has 0 aliphatic heterocycles. The van der Waals surface area contributed by atoms with Crippen LogP contribution < -0.4 is 5.32 Å². The zero-order valence-electron chi connectivity index (χ0n) is 10.0. The lowest BCUT2D eigenvalue weighted by Gasteiger charge is -2.09. The molecule has 0 fully saturated rings. The van der Waals surface area contributed by atoms with Gasteiger partial charge < -0.3 is 5.32 Å². The Labute approximate surface area is 91.3 Å². The summed E-state index contributed by atoms with van der Waals surface area (Å²) in [7, 11) is 1.40. The van der Waals surface area contributed by atoms with Crippen molar-refractivity contribution in [3.8, 4) is 0 Å². The summed E-state index contributed by atoms with van der Waals surface area (Å²) in [5, 5.41) is 3.21. The van der Waals surface area contributed by atoms with Gasteiger partial charge in [0.2, 0.25) is 0 Å². The highest BCUT2D eigenvalue weighted by atomic mass is 32.2. The van der Waals surface area contributed by atoms with Crippen molar-refractivity contribution in [3.05, 3.63) is 0 Å². The first kappa shape index (κ1) is 14.1. The molecular weight excluding hydrogens is 194 g/mol. The topological polar surface area (TPSA) is 29.1 Å². The van der Waals surface area contributed by atoms with Gasteiger partial charge in [-0.25, -0.2) is 0 Å². The Kier molecular flexibility index (Phi) is 8.49. The van der Waals surface area contributed by atoms with Crippen molar-refractivity contribution in [2.24, 2.45) is 5.92 Å². The first-order chi connectivity index (χ1) is 6.56. The summed E-state index contributed by atoms with van der Waals surface area (Å²) >= 11 is 0. The van der Waals surface area contributed by atoms with Crippen LogP contribution in [0.15, 0.2) is 0 Å². The number of hydrogen-bond acceptors (Lipinski definition) is 2. The van der Waals surface area contributed by atoms with Gasteiger partial charge in [0.1, 0.15) is 0 Å². The van der Waals surface area contributed by atoms with Gasteiger partial charge in [-0.3, -0.25) is 4.21 Å². The van der Waals surface area contributed by atoms with Crippen molar-refractivity contribution in [2.45, 2.75) is 46.1 Å². The lowest BCUT2D eigenvalue weighted by Crippen LogP contribution is -2.20. The molecule has 0 aliphatic carbocycles. The van der Waals surface area contributed by atoms with Crippen molar-refractivity contribution < 1.29 is 4.21 Å². The number of hydrogen-bond donors (Lipinski definition) is 1. The zero-order valence-corrected chi connectivity index (χ0v) is 10.8. The maximum atomic E-state index is 11.5. The highest BCUT2D eigenvalue weighted by Gasteiger charge is 2.03. The fraction of sp³-hybridized carbons (Fsp3) is 1.00. The van der Waals surface area contributed by atoms with Gasteiger partial charge in [0.05, 0.1) is 0 Å². The van der Waals surface area contributed by atoms with Crippen molar-refractivity contribution in [3.63, 3.8) is 0 Å². The first-order valence-corrected chi connectivity index (χ1v) is 7.07. The normalized spacial score (nSPS) is 15.8. The highest BCUT2D eigenvalue weighted by molar-refractivity contribution is 7.84. The minimum absolute atomic E-state index is 0.562. The molecule has 0 heterocycles. The quantitative estimate of drug-likeness (QED) is 0.634. The maximum absolute atomic E-state index is 11.5. The van der Waals surface area contributed by atoms with Crippen LogP contribution in [-0.4, -0.2) is 28.8 Å². The molecule has 2 atom stereocenters. The second-order valence-electron chi connectivity index (χ2n) is 4.39. The summed E-state index contributed by atoms with van der Waals surface area (Å²) in [6.07, 6.45) is 3.48. The lowest BCUT2D eigenvalue weighted by atomic mass is 10.1. The average molecular weight is 219 g/mol. The Morgan fingerprint density at radius 1 is 1.21 bits per heavy atom. The monoisotopic (exact) mass is 219 g/mol. The van der Waals surface area contributed by atoms with Crippen LogP contribution in [0.2, 0.25) is 0 Å². The Morgan fingerprint density at radius 2 is 1.86 bits per heavy atom. The van der Waals surface area contributed by atoms with E-state index in [4.69, 9.17) is 0 Å². The fourth-order valence-corrected chi connectivity index (χ4v) is 2.75. The van der Waals surface area contributed by atoms with Crippen molar-refractivity contribution in [1.29, 1.82) is 0 Å². The number of rotatable bonds is 8. The van der Waals surface area contributed by atoms with E-state index in [1.165, 1.54) is 12.8 Å². The molecule has 0 rings (SSSR count). The third-order valence-corrected chi connectivity index (χ3v) is 4.05. The highest BCUT2D eigenvalue weighted by Crippen LogP contribution is 2.03. The molecule has 2 nitrogen and oxygen atoms in total. The van der Waals surface area contributed by atoms with Crippen molar-refractivity contribution >= 4 is 10.8 Å².